The summed E-state index contributed by atoms with van der Waals surface area (Å²) < 4.78 is 0. The Balaban J connectivity index is 1.75. The van der Waals surface area contributed by atoms with Crippen molar-refractivity contribution in [2.24, 2.45) is 0 Å². The summed E-state index contributed by atoms with van der Waals surface area (Å²) in [6, 6.07) is 8.37. The smallest absolute Gasteiger partial charge is 0.335 e. The molecule has 3 N–H and O–H groups in total. The Hall–Kier alpha value is -3.66. The Kier molecular flexibility index (Phi) is 6.11. The minimum absolute atomic E-state index is 0.0323. The summed E-state index contributed by atoms with van der Waals surface area (Å²) in [5.74, 6) is -3.89. The van der Waals surface area contributed by atoms with E-state index in [9.17, 15) is 24.0 Å². The predicted octanol–water partition coefficient (Wildman–Crippen LogP) is 3.30. The van der Waals surface area contributed by atoms with Gasteiger partial charge in [-0.2, -0.15) is 0 Å². The number of carboxylic acid groups (broad SMARTS) is 2. The number of aryl methyl sites for hydroxylation is 2. The molecular weight excluding hydrogens is 424 g/mol. The molecule has 0 spiro atoms. The number of hydrogen-bond donors (Lipinski definition) is 3. The fraction of sp³-hybridized carbons (Fsp3) is 0.190. The Labute approximate surface area is 181 Å². The number of anilines is 2. The van der Waals surface area contributed by atoms with Crippen molar-refractivity contribution in [1.29, 1.82) is 0 Å². The number of carbonyl (C=O) groups is 5. The predicted molar refractivity (Wildman–Crippen MR) is 114 cm³/mol. The highest BCUT2D eigenvalue weighted by atomic mass is 32.2. The average Bonchev–Trinajstić information content (AvgIpc) is 2.96. The normalized spacial score (nSPS) is 15.8. The molecule has 1 atom stereocenters. The Morgan fingerprint density at radius 2 is 1.58 bits per heavy atom. The third-order valence-electron chi connectivity index (χ3n) is 4.75. The van der Waals surface area contributed by atoms with E-state index >= 15 is 0 Å². The lowest BCUT2D eigenvalue weighted by Crippen LogP contribution is -2.33. The topological polar surface area (TPSA) is 141 Å². The molecular formula is C21H18N2O7S. The summed E-state index contributed by atoms with van der Waals surface area (Å²) in [7, 11) is 0. The SMILES string of the molecule is Cc1ccc(N2C(=O)SC(CC(=O)Nc3cc(C(=O)O)cc(C(=O)O)c3)C2=O)cc1C. The van der Waals surface area contributed by atoms with Crippen LogP contribution in [0.1, 0.15) is 38.3 Å². The number of imide groups is 1. The van der Waals surface area contributed by atoms with Gasteiger partial charge in [-0.25, -0.2) is 14.5 Å². The van der Waals surface area contributed by atoms with Crippen molar-refractivity contribution in [1.82, 2.24) is 0 Å². The maximum atomic E-state index is 12.7. The first-order valence-electron chi connectivity index (χ1n) is 9.10. The molecule has 10 heteroatoms. The van der Waals surface area contributed by atoms with Crippen LogP contribution in [0.25, 0.3) is 0 Å². The molecule has 3 amide bonds. The van der Waals surface area contributed by atoms with Crippen molar-refractivity contribution in [2.45, 2.75) is 25.5 Å². The Morgan fingerprint density at radius 3 is 2.13 bits per heavy atom. The monoisotopic (exact) mass is 442 g/mol. The number of aromatic carboxylic acids is 2. The molecule has 9 nitrogen and oxygen atoms in total. The molecule has 1 aliphatic heterocycles. The highest BCUT2D eigenvalue weighted by molar-refractivity contribution is 8.15. The summed E-state index contributed by atoms with van der Waals surface area (Å²) in [6.45, 7) is 3.77. The zero-order valence-corrected chi connectivity index (χ0v) is 17.4. The maximum absolute atomic E-state index is 12.7. The maximum Gasteiger partial charge on any atom is 0.335 e. The Morgan fingerprint density at radius 1 is 0.968 bits per heavy atom. The van der Waals surface area contributed by atoms with Crippen LogP contribution in [0, 0.1) is 13.8 Å². The molecule has 1 fully saturated rings. The first-order valence-corrected chi connectivity index (χ1v) is 9.98. The number of nitrogens with one attached hydrogen (secondary N) is 1. The van der Waals surface area contributed by atoms with E-state index in [1.54, 1.807) is 18.2 Å². The van der Waals surface area contributed by atoms with Crippen LogP contribution in [0.5, 0.6) is 0 Å². The van der Waals surface area contributed by atoms with E-state index in [0.29, 0.717) is 5.69 Å². The molecule has 1 saturated heterocycles. The lowest BCUT2D eigenvalue weighted by atomic mass is 10.1. The fourth-order valence-corrected chi connectivity index (χ4v) is 4.00. The summed E-state index contributed by atoms with van der Waals surface area (Å²) in [6.07, 6.45) is -0.337. The van der Waals surface area contributed by atoms with Gasteiger partial charge in [0.1, 0.15) is 5.25 Å². The molecule has 1 unspecified atom stereocenters. The average molecular weight is 442 g/mol. The van der Waals surface area contributed by atoms with Gasteiger partial charge >= 0.3 is 11.9 Å². The number of thioether (sulfide) groups is 1. The quantitative estimate of drug-likeness (QED) is 0.619. The Bertz CT molecular complexity index is 1100. The molecule has 2 aromatic rings. The van der Waals surface area contributed by atoms with Crippen molar-refractivity contribution in [3.05, 3.63) is 58.7 Å². The van der Waals surface area contributed by atoms with Gasteiger partial charge in [-0.3, -0.25) is 14.4 Å². The van der Waals surface area contributed by atoms with Gasteiger partial charge in [0, 0.05) is 12.1 Å². The lowest BCUT2D eigenvalue weighted by molar-refractivity contribution is -0.121. The molecule has 3 rings (SSSR count). The van der Waals surface area contributed by atoms with Crippen molar-refractivity contribution >= 4 is 52.1 Å². The van der Waals surface area contributed by atoms with Gasteiger partial charge < -0.3 is 15.5 Å². The molecule has 1 heterocycles. The van der Waals surface area contributed by atoms with Crippen molar-refractivity contribution in [3.63, 3.8) is 0 Å². The largest absolute Gasteiger partial charge is 0.478 e. The third-order valence-corrected chi connectivity index (χ3v) is 5.79. The second-order valence-electron chi connectivity index (χ2n) is 6.98. The second kappa shape index (κ2) is 8.60. The molecule has 160 valence electrons. The first kappa shape index (κ1) is 22.0. The molecule has 0 saturated carbocycles. The van der Waals surface area contributed by atoms with Crippen LogP contribution in [0.15, 0.2) is 36.4 Å². The minimum Gasteiger partial charge on any atom is -0.478 e. The van der Waals surface area contributed by atoms with Gasteiger partial charge in [0.05, 0.1) is 16.8 Å². The summed E-state index contributed by atoms with van der Waals surface area (Å²) in [4.78, 5) is 60.9. The number of amides is 3. The van der Waals surface area contributed by atoms with Gasteiger partial charge in [-0.15, -0.1) is 0 Å². The number of hydrogen-bond acceptors (Lipinski definition) is 6. The number of nitrogens with zero attached hydrogens (tertiary/aromatic N) is 1. The van der Waals surface area contributed by atoms with Gasteiger partial charge in [0.15, 0.2) is 0 Å². The highest BCUT2D eigenvalue weighted by Crippen LogP contribution is 2.34. The molecule has 1 aliphatic rings. The summed E-state index contributed by atoms with van der Waals surface area (Å²) in [5, 5.41) is 19.2. The summed E-state index contributed by atoms with van der Waals surface area (Å²) >= 11 is 0.730. The molecule has 0 bridgehead atoms. The van der Waals surface area contributed by atoms with Crippen LogP contribution >= 0.6 is 11.8 Å². The van der Waals surface area contributed by atoms with Crippen LogP contribution in [0.4, 0.5) is 16.2 Å². The van der Waals surface area contributed by atoms with E-state index in [2.05, 4.69) is 5.32 Å². The second-order valence-corrected chi connectivity index (χ2v) is 8.13. The number of carboxylic acids is 2. The van der Waals surface area contributed by atoms with Crippen LogP contribution in [0.2, 0.25) is 0 Å². The highest BCUT2D eigenvalue weighted by Gasteiger charge is 2.41. The van der Waals surface area contributed by atoms with E-state index < -0.39 is 34.2 Å². The number of carbonyl (C=O) groups excluding carboxylic acids is 3. The third kappa shape index (κ3) is 4.75. The standard InChI is InChI=1S/C21H18N2O7S/c1-10-3-4-15(5-11(10)2)23-18(25)16(31-21(23)30)9-17(24)22-14-7-12(19(26)27)6-13(8-14)20(28)29/h3-8,16H,9H2,1-2H3,(H,22,24)(H,26,27)(H,28,29). The van der Waals surface area contributed by atoms with E-state index in [1.165, 1.54) is 0 Å². The molecule has 0 aliphatic carbocycles. The molecule has 0 radical (unpaired) electrons. The van der Waals surface area contributed by atoms with Crippen LogP contribution in [-0.4, -0.2) is 44.5 Å². The van der Waals surface area contributed by atoms with E-state index in [-0.39, 0.29) is 23.2 Å². The van der Waals surface area contributed by atoms with Gasteiger partial charge in [-0.1, -0.05) is 6.07 Å². The van der Waals surface area contributed by atoms with Crippen LogP contribution in [0.3, 0.4) is 0 Å². The zero-order chi connectivity index (χ0) is 22.9. The fourth-order valence-electron chi connectivity index (χ4n) is 3.01. The van der Waals surface area contributed by atoms with Crippen molar-refractivity contribution in [2.75, 3.05) is 10.2 Å². The molecule has 31 heavy (non-hydrogen) atoms. The van der Waals surface area contributed by atoms with Crippen molar-refractivity contribution < 1.29 is 34.2 Å². The molecule has 0 aromatic heterocycles. The van der Waals surface area contributed by atoms with E-state index in [0.717, 1.165) is 46.0 Å². The summed E-state index contributed by atoms with van der Waals surface area (Å²) in [5.41, 5.74) is 1.70. The first-order chi connectivity index (χ1) is 14.6. The van der Waals surface area contributed by atoms with Gasteiger partial charge in [0.2, 0.25) is 11.8 Å². The van der Waals surface area contributed by atoms with Gasteiger partial charge in [0.25, 0.3) is 5.24 Å². The van der Waals surface area contributed by atoms with E-state index in [4.69, 9.17) is 10.2 Å². The van der Waals surface area contributed by atoms with Crippen molar-refractivity contribution in [3.8, 4) is 0 Å². The van der Waals surface area contributed by atoms with E-state index in [1.807, 2.05) is 13.8 Å². The number of rotatable bonds is 6. The van der Waals surface area contributed by atoms with Crippen LogP contribution < -0.4 is 10.2 Å². The minimum atomic E-state index is -1.35. The molecule has 2 aromatic carbocycles. The zero-order valence-electron chi connectivity index (χ0n) is 16.5. The van der Waals surface area contributed by atoms with Gasteiger partial charge in [-0.05, 0) is 67.1 Å². The number of benzene rings is 2. The van der Waals surface area contributed by atoms with Crippen LogP contribution in [-0.2, 0) is 9.59 Å². The lowest BCUT2D eigenvalue weighted by Gasteiger charge is -2.15.